The average Bonchev–Trinajstić information content (AvgIpc) is 1.90. The maximum absolute atomic E-state index is 9.14. The van der Waals surface area contributed by atoms with Crippen LogP contribution in [-0.2, 0) is 0 Å². The Morgan fingerprint density at radius 2 is 2.44 bits per heavy atom. The minimum Gasteiger partial charge on any atom is -0.393 e. The molecule has 0 aliphatic carbocycles. The van der Waals surface area contributed by atoms with Crippen molar-refractivity contribution >= 4 is 0 Å². The molecule has 2 atom stereocenters. The third kappa shape index (κ3) is 1.95. The van der Waals surface area contributed by atoms with E-state index in [0.29, 0.717) is 5.92 Å². The van der Waals surface area contributed by atoms with Gasteiger partial charge in [-0.2, -0.15) is 0 Å². The molecule has 1 aliphatic rings. The quantitative estimate of drug-likeness (QED) is 0.536. The van der Waals surface area contributed by atoms with Crippen molar-refractivity contribution in [2.24, 2.45) is 5.92 Å². The van der Waals surface area contributed by atoms with Crippen molar-refractivity contribution in [1.29, 1.82) is 0 Å². The van der Waals surface area contributed by atoms with Crippen LogP contribution < -0.4 is 5.32 Å². The first-order chi connectivity index (χ1) is 4.30. The summed E-state index contributed by atoms with van der Waals surface area (Å²) in [7, 11) is 0. The molecule has 2 unspecified atom stereocenters. The summed E-state index contributed by atoms with van der Waals surface area (Å²) in [4.78, 5) is 0. The lowest BCUT2D eigenvalue weighted by Crippen LogP contribution is -2.35. The van der Waals surface area contributed by atoms with E-state index in [-0.39, 0.29) is 6.10 Å². The Kier molecular flexibility index (Phi) is 2.49. The van der Waals surface area contributed by atoms with Crippen LogP contribution in [0.5, 0.6) is 0 Å². The molecule has 0 aromatic rings. The molecule has 1 aliphatic heterocycles. The summed E-state index contributed by atoms with van der Waals surface area (Å²) in [5.74, 6) is 0.499. The molecular formula is C7H15NO. The van der Waals surface area contributed by atoms with E-state index in [9.17, 15) is 0 Å². The Morgan fingerprint density at radius 3 is 2.78 bits per heavy atom. The van der Waals surface area contributed by atoms with Crippen molar-refractivity contribution in [3.05, 3.63) is 0 Å². The van der Waals surface area contributed by atoms with Gasteiger partial charge in [-0.15, -0.1) is 0 Å². The van der Waals surface area contributed by atoms with Crippen LogP contribution in [0, 0.1) is 5.92 Å². The summed E-state index contributed by atoms with van der Waals surface area (Å²) in [6, 6.07) is 0. The van der Waals surface area contributed by atoms with Gasteiger partial charge in [-0.3, -0.25) is 0 Å². The Morgan fingerprint density at radius 1 is 1.67 bits per heavy atom. The van der Waals surface area contributed by atoms with Crippen LogP contribution in [0.25, 0.3) is 0 Å². The van der Waals surface area contributed by atoms with E-state index in [4.69, 9.17) is 5.11 Å². The highest BCUT2D eigenvalue weighted by molar-refractivity contribution is 4.72. The number of aliphatic hydroxyl groups is 1. The van der Waals surface area contributed by atoms with Gasteiger partial charge < -0.3 is 10.4 Å². The second kappa shape index (κ2) is 3.18. The fourth-order valence-corrected chi connectivity index (χ4v) is 1.29. The lowest BCUT2D eigenvalue weighted by molar-refractivity contribution is 0.109. The third-order valence-corrected chi connectivity index (χ3v) is 2.02. The SMILES string of the molecule is CC(O)C1CCCNC1. The number of aliphatic hydroxyl groups excluding tert-OH is 1. The van der Waals surface area contributed by atoms with Crippen LogP contribution in [0.3, 0.4) is 0 Å². The molecule has 0 bridgehead atoms. The predicted octanol–water partition coefficient (Wildman–Crippen LogP) is 0.367. The van der Waals surface area contributed by atoms with E-state index in [2.05, 4.69) is 5.32 Å². The molecule has 1 heterocycles. The first-order valence-corrected chi connectivity index (χ1v) is 3.69. The smallest absolute Gasteiger partial charge is 0.0552 e. The van der Waals surface area contributed by atoms with E-state index in [1.807, 2.05) is 6.92 Å². The molecule has 2 heteroatoms. The van der Waals surface area contributed by atoms with Gasteiger partial charge in [-0.05, 0) is 32.2 Å². The predicted molar refractivity (Wildman–Crippen MR) is 37.3 cm³/mol. The van der Waals surface area contributed by atoms with Crippen LogP contribution in [0.1, 0.15) is 19.8 Å². The van der Waals surface area contributed by atoms with Gasteiger partial charge in [0.25, 0.3) is 0 Å². The second-order valence-electron chi connectivity index (χ2n) is 2.85. The fraction of sp³-hybridized carbons (Fsp3) is 1.00. The molecule has 0 aromatic heterocycles. The van der Waals surface area contributed by atoms with Crippen LogP contribution in [0.15, 0.2) is 0 Å². The topological polar surface area (TPSA) is 32.3 Å². The molecule has 1 fully saturated rings. The number of nitrogens with one attached hydrogen (secondary N) is 1. The molecule has 1 saturated heterocycles. The number of hydrogen-bond acceptors (Lipinski definition) is 2. The zero-order valence-corrected chi connectivity index (χ0v) is 5.93. The highest BCUT2D eigenvalue weighted by Crippen LogP contribution is 2.13. The minimum absolute atomic E-state index is 0.127. The Hall–Kier alpha value is -0.0800. The first-order valence-electron chi connectivity index (χ1n) is 3.69. The van der Waals surface area contributed by atoms with E-state index in [0.717, 1.165) is 13.1 Å². The van der Waals surface area contributed by atoms with Crippen LogP contribution in [-0.4, -0.2) is 24.3 Å². The maximum atomic E-state index is 9.14. The van der Waals surface area contributed by atoms with Gasteiger partial charge in [0.2, 0.25) is 0 Å². The molecule has 0 amide bonds. The van der Waals surface area contributed by atoms with E-state index in [1.165, 1.54) is 12.8 Å². The molecular weight excluding hydrogens is 114 g/mol. The molecule has 2 nitrogen and oxygen atoms in total. The molecule has 2 N–H and O–H groups in total. The van der Waals surface area contributed by atoms with Gasteiger partial charge >= 0.3 is 0 Å². The highest BCUT2D eigenvalue weighted by atomic mass is 16.3. The largest absolute Gasteiger partial charge is 0.393 e. The molecule has 9 heavy (non-hydrogen) atoms. The van der Waals surface area contributed by atoms with Crippen molar-refractivity contribution < 1.29 is 5.11 Å². The molecule has 54 valence electrons. The van der Waals surface area contributed by atoms with Crippen molar-refractivity contribution in [3.63, 3.8) is 0 Å². The summed E-state index contributed by atoms with van der Waals surface area (Å²) >= 11 is 0. The molecule has 0 radical (unpaired) electrons. The molecule has 0 saturated carbocycles. The number of hydrogen-bond donors (Lipinski definition) is 2. The maximum Gasteiger partial charge on any atom is 0.0552 e. The van der Waals surface area contributed by atoms with Gasteiger partial charge in [-0.1, -0.05) is 0 Å². The van der Waals surface area contributed by atoms with E-state index >= 15 is 0 Å². The Bertz CT molecular complexity index is 77.0. The molecule has 0 spiro atoms. The van der Waals surface area contributed by atoms with Crippen molar-refractivity contribution in [1.82, 2.24) is 5.32 Å². The summed E-state index contributed by atoms with van der Waals surface area (Å²) < 4.78 is 0. The lowest BCUT2D eigenvalue weighted by atomic mass is 9.95. The van der Waals surface area contributed by atoms with Crippen LogP contribution in [0.4, 0.5) is 0 Å². The van der Waals surface area contributed by atoms with Crippen LogP contribution in [0.2, 0.25) is 0 Å². The zero-order valence-electron chi connectivity index (χ0n) is 5.93. The van der Waals surface area contributed by atoms with Crippen LogP contribution >= 0.6 is 0 Å². The van der Waals surface area contributed by atoms with Gasteiger partial charge in [0.15, 0.2) is 0 Å². The Labute approximate surface area is 56.3 Å². The van der Waals surface area contributed by atoms with Gasteiger partial charge in [0.05, 0.1) is 6.10 Å². The monoisotopic (exact) mass is 129 g/mol. The van der Waals surface area contributed by atoms with Gasteiger partial charge in [0.1, 0.15) is 0 Å². The summed E-state index contributed by atoms with van der Waals surface area (Å²) in [5.41, 5.74) is 0. The summed E-state index contributed by atoms with van der Waals surface area (Å²) in [5, 5.41) is 12.4. The van der Waals surface area contributed by atoms with E-state index < -0.39 is 0 Å². The van der Waals surface area contributed by atoms with E-state index in [1.54, 1.807) is 0 Å². The second-order valence-corrected chi connectivity index (χ2v) is 2.85. The van der Waals surface area contributed by atoms with Crippen molar-refractivity contribution in [3.8, 4) is 0 Å². The van der Waals surface area contributed by atoms with Gasteiger partial charge in [-0.25, -0.2) is 0 Å². The highest BCUT2D eigenvalue weighted by Gasteiger charge is 2.16. The average molecular weight is 129 g/mol. The normalized spacial score (nSPS) is 32.0. The fourth-order valence-electron chi connectivity index (χ4n) is 1.29. The van der Waals surface area contributed by atoms with Gasteiger partial charge in [0, 0.05) is 6.54 Å². The molecule has 1 rings (SSSR count). The number of rotatable bonds is 1. The minimum atomic E-state index is -0.127. The standard InChI is InChI=1S/C7H15NO/c1-6(9)7-3-2-4-8-5-7/h6-9H,2-5H2,1H3. The lowest BCUT2D eigenvalue weighted by Gasteiger charge is -2.24. The zero-order chi connectivity index (χ0) is 6.69. The van der Waals surface area contributed by atoms with Crippen molar-refractivity contribution in [2.75, 3.05) is 13.1 Å². The summed E-state index contributed by atoms with van der Waals surface area (Å²) in [6.45, 7) is 4.00. The molecule has 0 aromatic carbocycles. The number of piperidine rings is 1. The summed E-state index contributed by atoms with van der Waals surface area (Å²) in [6.07, 6.45) is 2.28. The third-order valence-electron chi connectivity index (χ3n) is 2.02. The Balaban J connectivity index is 2.23. The van der Waals surface area contributed by atoms with Crippen molar-refractivity contribution in [2.45, 2.75) is 25.9 Å². The first kappa shape index (κ1) is 7.03.